The summed E-state index contributed by atoms with van der Waals surface area (Å²) in [5.74, 6) is -2.07. The molecular weight excluding hydrogens is 605 g/mol. The zero-order valence-electron chi connectivity index (χ0n) is 26.3. The summed E-state index contributed by atoms with van der Waals surface area (Å²) in [7, 11) is -4.27. The average Bonchev–Trinajstić information content (AvgIpc) is 3.40. The second-order valence-corrected chi connectivity index (χ2v) is 12.3. The summed E-state index contributed by atoms with van der Waals surface area (Å²) in [5, 5.41) is 20.8. The van der Waals surface area contributed by atoms with Gasteiger partial charge in [-0.05, 0) is 30.9 Å². The van der Waals surface area contributed by atoms with Gasteiger partial charge in [-0.25, -0.2) is 4.57 Å². The number of aromatic nitrogens is 1. The lowest BCUT2D eigenvalue weighted by molar-refractivity contribution is -0.130. The van der Waals surface area contributed by atoms with Crippen LogP contribution in [0.3, 0.4) is 0 Å². The number of aromatic amines is 1. The smallest absolute Gasteiger partial charge is 0.393 e. The Hall–Kier alpha value is -3.55. The molecule has 0 aliphatic rings. The number of benzene rings is 1. The van der Waals surface area contributed by atoms with Gasteiger partial charge in [0.15, 0.2) is 0 Å². The molecule has 45 heavy (non-hydrogen) atoms. The molecule has 1 aromatic heterocycles. The first-order valence-corrected chi connectivity index (χ1v) is 16.3. The van der Waals surface area contributed by atoms with Gasteiger partial charge in [-0.3, -0.25) is 32.7 Å². The summed E-state index contributed by atoms with van der Waals surface area (Å²) >= 11 is 0. The number of nitrogens with one attached hydrogen (secondary N) is 5. The maximum absolute atomic E-state index is 13.2. The van der Waals surface area contributed by atoms with Crippen molar-refractivity contribution in [2.75, 3.05) is 32.9 Å². The van der Waals surface area contributed by atoms with E-state index < -0.39 is 50.3 Å². The van der Waals surface area contributed by atoms with Crippen LogP contribution in [0.4, 0.5) is 0 Å². The topological polar surface area (TPSA) is 197 Å². The largest absolute Gasteiger partial charge is 0.475 e. The lowest BCUT2D eigenvalue weighted by Gasteiger charge is -2.24. The van der Waals surface area contributed by atoms with Crippen LogP contribution in [0, 0.1) is 5.92 Å². The first kappa shape index (κ1) is 37.6. The van der Waals surface area contributed by atoms with Crippen molar-refractivity contribution in [2.45, 2.75) is 65.1 Å². The summed E-state index contributed by atoms with van der Waals surface area (Å²) in [4.78, 5) is 53.3. The van der Waals surface area contributed by atoms with Crippen molar-refractivity contribution in [2.24, 2.45) is 5.92 Å². The number of hydrogen-bond donors (Lipinski definition) is 6. The van der Waals surface area contributed by atoms with Gasteiger partial charge in [-0.15, -0.1) is 6.58 Å². The molecule has 6 N–H and O–H groups in total. The van der Waals surface area contributed by atoms with Gasteiger partial charge in [-0.2, -0.15) is 0 Å². The lowest BCUT2D eigenvalue weighted by Crippen LogP contribution is -2.51. The minimum atomic E-state index is -4.27. The zero-order chi connectivity index (χ0) is 33.4. The predicted octanol–water partition coefficient (Wildman–Crippen LogP) is 2.09. The third kappa shape index (κ3) is 13.1. The van der Waals surface area contributed by atoms with Crippen molar-refractivity contribution in [3.05, 3.63) is 48.7 Å². The molecule has 14 nitrogen and oxygen atoms in total. The monoisotopic (exact) mass is 651 g/mol. The highest BCUT2D eigenvalue weighted by Gasteiger charge is 2.31. The van der Waals surface area contributed by atoms with E-state index >= 15 is 0 Å². The molecule has 0 saturated carbocycles. The number of amides is 4. The van der Waals surface area contributed by atoms with Gasteiger partial charge in [0, 0.05) is 37.1 Å². The van der Waals surface area contributed by atoms with Crippen molar-refractivity contribution in [3.63, 3.8) is 0 Å². The SMILES string of the molecule is C=CCOP(=O)(OCCNC(=O)[C@@H](NC(=O)Cc1c[nH]c2ccccc12)[C@@H](C)CC)OC[C@H](NC(C)=O)C(=O)NCCC(C)O. The molecule has 0 aliphatic heterocycles. The number of aliphatic hydroxyl groups excluding tert-OH is 1. The Balaban J connectivity index is 1.95. The van der Waals surface area contributed by atoms with Crippen LogP contribution < -0.4 is 21.3 Å². The number of carbonyl (C=O) groups excluding carboxylic acids is 4. The van der Waals surface area contributed by atoms with Crippen molar-refractivity contribution in [3.8, 4) is 0 Å². The highest BCUT2D eigenvalue weighted by Crippen LogP contribution is 2.49. The van der Waals surface area contributed by atoms with Crippen LogP contribution in [-0.2, 0) is 43.7 Å². The van der Waals surface area contributed by atoms with E-state index in [9.17, 15) is 28.8 Å². The van der Waals surface area contributed by atoms with Crippen LogP contribution in [0.15, 0.2) is 43.1 Å². The highest BCUT2D eigenvalue weighted by atomic mass is 31.2. The van der Waals surface area contributed by atoms with Gasteiger partial charge in [0.1, 0.15) is 12.1 Å². The number of fused-ring (bicyclic) bond motifs is 1. The maximum atomic E-state index is 13.2. The number of rotatable bonds is 21. The molecule has 1 aromatic carbocycles. The first-order chi connectivity index (χ1) is 21.4. The first-order valence-electron chi connectivity index (χ1n) is 14.9. The van der Waals surface area contributed by atoms with Gasteiger partial charge in [0.2, 0.25) is 23.6 Å². The van der Waals surface area contributed by atoms with E-state index in [0.717, 1.165) is 16.5 Å². The van der Waals surface area contributed by atoms with E-state index in [0.29, 0.717) is 12.8 Å². The highest BCUT2D eigenvalue weighted by molar-refractivity contribution is 7.48. The number of hydrogen-bond acceptors (Lipinski definition) is 9. The summed E-state index contributed by atoms with van der Waals surface area (Å²) < 4.78 is 29.2. The van der Waals surface area contributed by atoms with E-state index in [1.807, 2.05) is 38.1 Å². The Morgan fingerprint density at radius 3 is 2.42 bits per heavy atom. The van der Waals surface area contributed by atoms with Crippen LogP contribution in [0.1, 0.15) is 46.1 Å². The van der Waals surface area contributed by atoms with Crippen LogP contribution in [0.5, 0.6) is 0 Å². The number of phosphoric ester groups is 1. The molecule has 0 bridgehead atoms. The van der Waals surface area contributed by atoms with Gasteiger partial charge < -0.3 is 31.4 Å². The molecule has 1 heterocycles. The molecule has 250 valence electrons. The maximum Gasteiger partial charge on any atom is 0.475 e. The van der Waals surface area contributed by atoms with Crippen LogP contribution in [-0.4, -0.2) is 84.8 Å². The van der Waals surface area contributed by atoms with E-state index in [1.165, 1.54) is 13.0 Å². The van der Waals surface area contributed by atoms with Crippen molar-refractivity contribution >= 4 is 42.4 Å². The minimum Gasteiger partial charge on any atom is -0.393 e. The van der Waals surface area contributed by atoms with E-state index in [1.54, 1.807) is 13.1 Å². The molecule has 0 spiro atoms. The van der Waals surface area contributed by atoms with E-state index in [-0.39, 0.29) is 44.5 Å². The third-order valence-electron chi connectivity index (χ3n) is 6.79. The Kier molecular flexibility index (Phi) is 16.0. The van der Waals surface area contributed by atoms with E-state index in [2.05, 4.69) is 32.8 Å². The summed E-state index contributed by atoms with van der Waals surface area (Å²) in [6.07, 6.45) is 3.47. The standard InChI is InChI=1S/C30H46N5O9P/c1-6-15-42-45(41,44-19-26(34-22(5)37)29(39)31-13-12-21(4)36)43-16-14-32-30(40)28(20(3)7-2)35-27(38)17-23-18-33-25-11-9-8-10-24(23)25/h6,8-11,18,20-21,26,28,33,36H,1,7,12-17,19H2,2-5H3,(H,31,39)(H,32,40)(H,34,37)(H,35,38)/t20-,21?,26-,28-,45?/m0/s1. The van der Waals surface area contributed by atoms with Crippen molar-refractivity contribution in [1.29, 1.82) is 0 Å². The molecule has 0 saturated heterocycles. The third-order valence-corrected chi connectivity index (χ3v) is 8.22. The Morgan fingerprint density at radius 1 is 1.04 bits per heavy atom. The number of aliphatic hydroxyl groups is 1. The Bertz CT molecular complexity index is 1330. The fraction of sp³-hybridized carbons (Fsp3) is 0.533. The second kappa shape index (κ2) is 19.1. The molecule has 15 heteroatoms. The van der Waals surface area contributed by atoms with Gasteiger partial charge >= 0.3 is 7.82 Å². The number of para-hydroxylation sites is 1. The van der Waals surface area contributed by atoms with Crippen molar-refractivity contribution < 1.29 is 42.4 Å². The average molecular weight is 652 g/mol. The second-order valence-electron chi connectivity index (χ2n) is 10.6. The molecular formula is C30H46N5O9P. The van der Waals surface area contributed by atoms with Crippen LogP contribution in [0.2, 0.25) is 0 Å². The van der Waals surface area contributed by atoms with Gasteiger partial charge in [0.05, 0.1) is 32.3 Å². The van der Waals surface area contributed by atoms with Crippen LogP contribution >= 0.6 is 7.82 Å². The molecule has 2 aromatic rings. The normalized spacial score (nSPS) is 15.2. The molecule has 2 rings (SSSR count). The van der Waals surface area contributed by atoms with Crippen LogP contribution in [0.25, 0.3) is 10.9 Å². The molecule has 0 aliphatic carbocycles. The fourth-order valence-electron chi connectivity index (χ4n) is 4.20. The molecule has 2 unspecified atom stereocenters. The quantitative estimate of drug-likeness (QED) is 0.0665. The lowest BCUT2D eigenvalue weighted by atomic mass is 9.98. The predicted molar refractivity (Wildman–Crippen MR) is 169 cm³/mol. The Labute approximate surface area is 263 Å². The number of carbonyl (C=O) groups is 4. The summed E-state index contributed by atoms with van der Waals surface area (Å²) in [6.45, 7) is 9.07. The minimum absolute atomic E-state index is 0.0898. The molecule has 4 amide bonds. The fourth-order valence-corrected chi connectivity index (χ4v) is 5.35. The molecule has 0 radical (unpaired) electrons. The van der Waals surface area contributed by atoms with Gasteiger partial charge in [-0.1, -0.05) is 44.5 Å². The zero-order valence-corrected chi connectivity index (χ0v) is 27.2. The van der Waals surface area contributed by atoms with E-state index in [4.69, 9.17) is 13.6 Å². The molecule has 0 fully saturated rings. The van der Waals surface area contributed by atoms with Gasteiger partial charge in [0.25, 0.3) is 0 Å². The summed E-state index contributed by atoms with van der Waals surface area (Å²) in [5.41, 5.74) is 1.73. The summed E-state index contributed by atoms with van der Waals surface area (Å²) in [6, 6.07) is 5.59. The number of H-pyrrole nitrogens is 1. The Morgan fingerprint density at radius 2 is 1.76 bits per heavy atom. The van der Waals surface area contributed by atoms with Crippen molar-refractivity contribution in [1.82, 2.24) is 26.3 Å². The molecule has 5 atom stereocenters. The number of phosphoric acid groups is 1.